The molecule has 0 aliphatic carbocycles. The molecule has 2 bridgehead atoms. The van der Waals surface area contributed by atoms with E-state index in [2.05, 4.69) is 41.7 Å². The van der Waals surface area contributed by atoms with Crippen LogP contribution in [0.1, 0.15) is 64.0 Å². The van der Waals surface area contributed by atoms with E-state index in [9.17, 15) is 17.8 Å². The normalized spacial score (nSPS) is 27.0. The van der Waals surface area contributed by atoms with Gasteiger partial charge in [0.05, 0.1) is 48.5 Å². The number of fused-ring (bicyclic) bond motifs is 1. The minimum Gasteiger partial charge on any atom is -0.491 e. The number of halogens is 3. The first-order valence-electron chi connectivity index (χ1n) is 17.4. The Morgan fingerprint density at radius 2 is 1.92 bits per heavy atom. The maximum Gasteiger partial charge on any atom is 0.272 e. The van der Waals surface area contributed by atoms with Gasteiger partial charge in [-0.15, -0.1) is 0 Å². The van der Waals surface area contributed by atoms with Crippen LogP contribution in [0.25, 0.3) is 0 Å². The Morgan fingerprint density at radius 3 is 2.63 bits per heavy atom. The largest absolute Gasteiger partial charge is 0.491 e. The molecule has 0 aromatic heterocycles. The average Bonchev–Trinajstić information content (AvgIpc) is 3.22. The molecule has 3 aliphatic rings. The highest BCUT2D eigenvalue weighted by Crippen LogP contribution is 2.38. The van der Waals surface area contributed by atoms with E-state index in [1.54, 1.807) is 24.8 Å². The molecule has 4 atom stereocenters. The molecule has 0 saturated carbocycles. The summed E-state index contributed by atoms with van der Waals surface area (Å²) in [5.74, 6) is -2.07. The number of benzene rings is 2. The predicted octanol–water partition coefficient (Wildman–Crippen LogP) is 6.45. The van der Waals surface area contributed by atoms with Crippen LogP contribution in [0.5, 0.6) is 5.75 Å². The lowest BCUT2D eigenvalue weighted by Gasteiger charge is -2.39. The Labute approximate surface area is 297 Å². The van der Waals surface area contributed by atoms with Gasteiger partial charge in [0.2, 0.25) is 0 Å². The maximum atomic E-state index is 13.6. The van der Waals surface area contributed by atoms with Crippen LogP contribution in [0.15, 0.2) is 53.4 Å². The van der Waals surface area contributed by atoms with E-state index in [0.717, 1.165) is 31.4 Å². The number of carbonyl (C=O) groups excluding carboxylic acids is 1. The molecule has 4 unspecified atom stereocenters. The SMILES string of the molecule is CCCc1cc(Cl)ccc1C1COc2ccc3cc2N(CCC(CC)C(OCCN2CC(F)(F)C2)/C=C/CN(C)C(C)(C)C(=O)NS3=O)C1. The third-order valence-electron chi connectivity index (χ3n) is 10.2. The van der Waals surface area contributed by atoms with Gasteiger partial charge >= 0.3 is 0 Å². The molecule has 2 aromatic rings. The summed E-state index contributed by atoms with van der Waals surface area (Å²) < 4.78 is 56.2. The van der Waals surface area contributed by atoms with Gasteiger partial charge in [0.1, 0.15) is 5.75 Å². The van der Waals surface area contributed by atoms with E-state index in [1.807, 2.05) is 36.2 Å². The second kappa shape index (κ2) is 16.2. The molecule has 3 heterocycles. The first-order chi connectivity index (χ1) is 23.3. The Hall–Kier alpha value is -2.57. The number of aryl methyl sites for hydroxylation is 1. The number of alkyl halides is 2. The highest BCUT2D eigenvalue weighted by atomic mass is 35.5. The van der Waals surface area contributed by atoms with E-state index >= 15 is 0 Å². The Kier molecular flexibility index (Phi) is 12.4. The number of hydrogen-bond donors (Lipinski definition) is 1. The zero-order valence-electron chi connectivity index (χ0n) is 29.4. The minimum atomic E-state index is -2.61. The fraction of sp³-hybridized carbons (Fsp3) is 0.595. The number of nitrogens with zero attached hydrogens (tertiary/aromatic N) is 3. The van der Waals surface area contributed by atoms with Crippen molar-refractivity contribution in [3.63, 3.8) is 0 Å². The fourth-order valence-corrected chi connectivity index (χ4v) is 7.97. The van der Waals surface area contributed by atoms with Gasteiger partial charge in [-0.1, -0.05) is 56.5 Å². The summed E-state index contributed by atoms with van der Waals surface area (Å²) in [7, 11) is 0.0752. The van der Waals surface area contributed by atoms with Crippen LogP contribution in [0.4, 0.5) is 14.5 Å². The van der Waals surface area contributed by atoms with Crippen LogP contribution in [0.3, 0.4) is 0 Å². The van der Waals surface area contributed by atoms with Crippen molar-refractivity contribution in [1.82, 2.24) is 14.5 Å². The number of likely N-dealkylation sites (N-methyl/N-ethyl adjacent to an activating group) is 1. The second-order valence-electron chi connectivity index (χ2n) is 14.1. The van der Waals surface area contributed by atoms with E-state index in [4.69, 9.17) is 21.1 Å². The number of hydrogen-bond acceptors (Lipinski definition) is 7. The van der Waals surface area contributed by atoms with Crippen LogP contribution in [-0.4, -0.2) is 97.0 Å². The Morgan fingerprint density at radius 1 is 1.14 bits per heavy atom. The third-order valence-corrected chi connectivity index (χ3v) is 11.5. The summed E-state index contributed by atoms with van der Waals surface area (Å²) in [6.45, 7) is 10.6. The lowest BCUT2D eigenvalue weighted by atomic mass is 9.91. The molecular weight excluding hydrogens is 670 g/mol. The fourth-order valence-electron chi connectivity index (χ4n) is 6.83. The molecule has 1 amide bonds. The third kappa shape index (κ3) is 9.22. The van der Waals surface area contributed by atoms with Crippen LogP contribution in [-0.2, 0) is 26.9 Å². The number of likely N-dealkylation sites (tertiary alicyclic amines) is 1. The molecular formula is C37H51ClF2N4O4S. The van der Waals surface area contributed by atoms with Gasteiger partial charge in [-0.3, -0.25) is 19.3 Å². The van der Waals surface area contributed by atoms with Crippen molar-refractivity contribution in [2.45, 2.75) is 81.8 Å². The molecule has 0 radical (unpaired) electrons. The van der Waals surface area contributed by atoms with E-state index in [-0.39, 0.29) is 36.9 Å². The summed E-state index contributed by atoms with van der Waals surface area (Å²) in [5, 5.41) is 0.714. The first kappa shape index (κ1) is 37.7. The number of nitrogens with one attached hydrogen (secondary N) is 1. The van der Waals surface area contributed by atoms with E-state index in [1.165, 1.54) is 11.1 Å². The van der Waals surface area contributed by atoms with Gasteiger partial charge in [0.25, 0.3) is 11.8 Å². The monoisotopic (exact) mass is 720 g/mol. The minimum absolute atomic E-state index is 0.0588. The van der Waals surface area contributed by atoms with Crippen molar-refractivity contribution in [2.75, 3.05) is 64.4 Å². The van der Waals surface area contributed by atoms with Crippen molar-refractivity contribution < 1.29 is 27.3 Å². The van der Waals surface area contributed by atoms with Crippen molar-refractivity contribution in [3.8, 4) is 5.75 Å². The average molecular weight is 721 g/mol. The molecule has 2 aromatic carbocycles. The predicted molar refractivity (Wildman–Crippen MR) is 192 cm³/mol. The van der Waals surface area contributed by atoms with Crippen molar-refractivity contribution in [1.29, 1.82) is 0 Å². The lowest BCUT2D eigenvalue weighted by Crippen LogP contribution is -2.57. The summed E-state index contributed by atoms with van der Waals surface area (Å²) in [6, 6.07) is 11.6. The molecule has 1 N–H and O–H groups in total. The molecule has 0 spiro atoms. The highest BCUT2D eigenvalue weighted by Gasteiger charge is 2.43. The topological polar surface area (TPSA) is 74.4 Å². The lowest BCUT2D eigenvalue weighted by molar-refractivity contribution is -0.136. The van der Waals surface area contributed by atoms with Crippen LogP contribution >= 0.6 is 11.6 Å². The molecule has 49 heavy (non-hydrogen) atoms. The summed E-state index contributed by atoms with van der Waals surface area (Å²) in [6.07, 6.45) is 7.37. The molecule has 270 valence electrons. The number of rotatable bonds is 8. The Balaban J connectivity index is 1.47. The van der Waals surface area contributed by atoms with Crippen LogP contribution in [0.2, 0.25) is 5.02 Å². The summed E-state index contributed by atoms with van der Waals surface area (Å²) in [4.78, 5) is 19.9. The van der Waals surface area contributed by atoms with E-state index in [0.29, 0.717) is 55.1 Å². The zero-order valence-corrected chi connectivity index (χ0v) is 30.9. The van der Waals surface area contributed by atoms with Crippen LogP contribution < -0.4 is 14.4 Å². The number of anilines is 1. The number of ether oxygens (including phenoxy) is 2. The highest BCUT2D eigenvalue weighted by molar-refractivity contribution is 7.83. The maximum absolute atomic E-state index is 13.6. The van der Waals surface area contributed by atoms with E-state index < -0.39 is 22.4 Å². The molecule has 8 nitrogen and oxygen atoms in total. The van der Waals surface area contributed by atoms with Crippen molar-refractivity contribution in [2.24, 2.45) is 5.92 Å². The van der Waals surface area contributed by atoms with Gasteiger partial charge < -0.3 is 14.4 Å². The molecule has 1 fully saturated rings. The molecule has 12 heteroatoms. The second-order valence-corrected chi connectivity index (χ2v) is 15.8. The van der Waals surface area contributed by atoms with Crippen molar-refractivity contribution in [3.05, 3.63) is 64.7 Å². The Bertz CT molecular complexity index is 1520. The summed E-state index contributed by atoms with van der Waals surface area (Å²) in [5.41, 5.74) is 2.30. The van der Waals surface area contributed by atoms with Gasteiger partial charge in [0.15, 0.2) is 11.0 Å². The quantitative estimate of drug-likeness (QED) is 0.315. The molecule has 5 rings (SSSR count). The van der Waals surface area contributed by atoms with Gasteiger partial charge in [-0.2, -0.15) is 0 Å². The van der Waals surface area contributed by atoms with Gasteiger partial charge in [-0.25, -0.2) is 13.0 Å². The first-order valence-corrected chi connectivity index (χ1v) is 19.0. The number of carbonyl (C=O) groups is 1. The molecule has 3 aliphatic heterocycles. The standard InChI is InChI=1S/C37H51ClF2N4O4S/c1-6-9-27-20-29(38)11-13-31(27)28-22-44-17-15-26(7-2)33(47-19-18-43-24-37(39,40)25-43)10-8-16-42(5)36(3,4)35(45)41-49(46)30-12-14-34(48-23-28)32(44)21-30/h8,10-14,20-21,26,28,33H,6-7,9,15-19,22-25H2,1-5H3,(H,41,45)/b10-8+. The molecule has 1 saturated heterocycles. The van der Waals surface area contributed by atoms with Crippen molar-refractivity contribution >= 4 is 34.2 Å². The zero-order chi connectivity index (χ0) is 35.3. The van der Waals surface area contributed by atoms with Crippen LogP contribution in [0, 0.1) is 5.92 Å². The summed E-state index contributed by atoms with van der Waals surface area (Å²) >= 11 is 6.43. The number of amides is 1. The van der Waals surface area contributed by atoms with Gasteiger partial charge in [0, 0.05) is 37.1 Å². The van der Waals surface area contributed by atoms with Gasteiger partial charge in [-0.05, 0) is 81.1 Å². The smallest absolute Gasteiger partial charge is 0.272 e.